The third kappa shape index (κ3) is 4.53. The normalized spacial score (nSPS) is 13.1. The Balaban J connectivity index is 1.00. The van der Waals surface area contributed by atoms with E-state index in [4.69, 9.17) is 15.0 Å². The van der Waals surface area contributed by atoms with Gasteiger partial charge in [-0.1, -0.05) is 176 Å². The molecule has 278 valence electrons. The SMILES string of the molecule is c1ccc(-c2nc(-c3ccccc3)nc(-c3cccc(-c4cccc(-n5c6cccc7c6c6c8c(cccc8ccc65)C75c6ccccc6-c6ccccc65)c4)c3)n2)cc1. The molecule has 0 amide bonds. The second kappa shape index (κ2) is 12.5. The van der Waals surface area contributed by atoms with Gasteiger partial charge in [-0.15, -0.1) is 0 Å². The summed E-state index contributed by atoms with van der Waals surface area (Å²) in [6.07, 6.45) is 0. The molecule has 2 heterocycles. The molecule has 0 saturated carbocycles. The Kier molecular flexibility index (Phi) is 6.90. The van der Waals surface area contributed by atoms with E-state index in [1.165, 1.54) is 66.0 Å². The Hall–Kier alpha value is -7.95. The Morgan fingerprint density at radius 1 is 0.317 bits per heavy atom. The average molecular weight is 763 g/mol. The second-order valence-electron chi connectivity index (χ2n) is 15.9. The fraction of sp³-hybridized carbons (Fsp3) is 0.0179. The fourth-order valence-corrected chi connectivity index (χ4v) is 10.4. The van der Waals surface area contributed by atoms with Crippen LogP contribution in [0.25, 0.3) is 94.7 Å². The minimum absolute atomic E-state index is 0.433. The molecule has 2 aliphatic carbocycles. The van der Waals surface area contributed by atoms with E-state index in [0.717, 1.165) is 33.5 Å². The molecule has 60 heavy (non-hydrogen) atoms. The second-order valence-corrected chi connectivity index (χ2v) is 15.9. The van der Waals surface area contributed by atoms with Crippen LogP contribution in [0.3, 0.4) is 0 Å². The third-order valence-electron chi connectivity index (χ3n) is 12.8. The van der Waals surface area contributed by atoms with E-state index >= 15 is 0 Å². The van der Waals surface area contributed by atoms with Crippen LogP contribution in [-0.4, -0.2) is 19.5 Å². The van der Waals surface area contributed by atoms with Gasteiger partial charge in [-0.3, -0.25) is 0 Å². The van der Waals surface area contributed by atoms with Crippen LogP contribution in [0.2, 0.25) is 0 Å². The first-order chi connectivity index (χ1) is 29.8. The van der Waals surface area contributed by atoms with Crippen molar-refractivity contribution >= 4 is 32.6 Å². The number of benzene rings is 9. The molecule has 0 saturated heterocycles. The Morgan fingerprint density at radius 3 is 1.48 bits per heavy atom. The zero-order chi connectivity index (χ0) is 39.4. The van der Waals surface area contributed by atoms with Crippen LogP contribution in [0, 0.1) is 0 Å². The van der Waals surface area contributed by atoms with Crippen LogP contribution in [0.1, 0.15) is 22.3 Å². The average Bonchev–Trinajstić information content (AvgIpc) is 3.83. The van der Waals surface area contributed by atoms with E-state index in [9.17, 15) is 0 Å². The van der Waals surface area contributed by atoms with Crippen molar-refractivity contribution in [3.63, 3.8) is 0 Å². The number of nitrogens with zero attached hydrogens (tertiary/aromatic N) is 4. The maximum Gasteiger partial charge on any atom is 0.164 e. The number of hydrogen-bond acceptors (Lipinski definition) is 3. The molecule has 9 aromatic carbocycles. The van der Waals surface area contributed by atoms with Crippen molar-refractivity contribution in [1.29, 1.82) is 0 Å². The molecule has 0 atom stereocenters. The number of hydrogen-bond donors (Lipinski definition) is 0. The quantitative estimate of drug-likeness (QED) is 0.175. The molecular weight excluding hydrogens is 729 g/mol. The number of fused-ring (bicyclic) bond motifs is 7. The van der Waals surface area contributed by atoms with Gasteiger partial charge in [0.15, 0.2) is 17.5 Å². The van der Waals surface area contributed by atoms with E-state index < -0.39 is 5.41 Å². The lowest BCUT2D eigenvalue weighted by atomic mass is 9.63. The highest BCUT2D eigenvalue weighted by molar-refractivity contribution is 6.26. The van der Waals surface area contributed by atoms with Gasteiger partial charge in [0.25, 0.3) is 0 Å². The fourth-order valence-electron chi connectivity index (χ4n) is 10.4. The van der Waals surface area contributed by atoms with Crippen molar-refractivity contribution in [3.05, 3.63) is 229 Å². The summed E-state index contributed by atoms with van der Waals surface area (Å²) < 4.78 is 2.48. The molecule has 1 spiro atoms. The van der Waals surface area contributed by atoms with E-state index in [1.54, 1.807) is 0 Å². The molecule has 0 aliphatic heterocycles. The summed E-state index contributed by atoms with van der Waals surface area (Å²) in [6, 6.07) is 74.4. The first kappa shape index (κ1) is 33.1. The largest absolute Gasteiger partial charge is 0.309 e. The van der Waals surface area contributed by atoms with E-state index in [0.29, 0.717) is 17.5 Å². The highest BCUT2D eigenvalue weighted by atomic mass is 15.0. The van der Waals surface area contributed by atoms with E-state index in [-0.39, 0.29) is 0 Å². The van der Waals surface area contributed by atoms with Crippen molar-refractivity contribution in [2.24, 2.45) is 0 Å². The third-order valence-corrected chi connectivity index (χ3v) is 12.8. The molecule has 0 bridgehead atoms. The highest BCUT2D eigenvalue weighted by Gasteiger charge is 2.49. The lowest BCUT2D eigenvalue weighted by Crippen LogP contribution is -2.30. The Bertz CT molecular complexity index is 3440. The molecule has 0 unspecified atom stereocenters. The van der Waals surface area contributed by atoms with Crippen LogP contribution in [0.15, 0.2) is 206 Å². The van der Waals surface area contributed by atoms with Crippen LogP contribution >= 0.6 is 0 Å². The van der Waals surface area contributed by atoms with E-state index in [1.807, 2.05) is 60.7 Å². The predicted molar refractivity (Wildman–Crippen MR) is 244 cm³/mol. The van der Waals surface area contributed by atoms with Gasteiger partial charge in [0.1, 0.15) is 0 Å². The highest BCUT2D eigenvalue weighted by Crippen LogP contribution is 2.62. The van der Waals surface area contributed by atoms with Gasteiger partial charge in [-0.05, 0) is 85.6 Å². The van der Waals surface area contributed by atoms with Gasteiger partial charge >= 0.3 is 0 Å². The molecule has 0 fully saturated rings. The summed E-state index contributed by atoms with van der Waals surface area (Å²) in [6.45, 7) is 0. The summed E-state index contributed by atoms with van der Waals surface area (Å²) in [4.78, 5) is 15.0. The van der Waals surface area contributed by atoms with Gasteiger partial charge in [-0.25, -0.2) is 15.0 Å². The summed E-state index contributed by atoms with van der Waals surface area (Å²) >= 11 is 0. The van der Waals surface area contributed by atoms with Crippen LogP contribution in [0.5, 0.6) is 0 Å². The first-order valence-electron chi connectivity index (χ1n) is 20.5. The van der Waals surface area contributed by atoms with E-state index in [2.05, 4.69) is 150 Å². The van der Waals surface area contributed by atoms with Crippen molar-refractivity contribution < 1.29 is 0 Å². The zero-order valence-electron chi connectivity index (χ0n) is 32.4. The maximum absolute atomic E-state index is 5.03. The molecule has 4 heteroatoms. The summed E-state index contributed by atoms with van der Waals surface area (Å²) in [7, 11) is 0. The smallest absolute Gasteiger partial charge is 0.164 e. The monoisotopic (exact) mass is 762 g/mol. The van der Waals surface area contributed by atoms with Crippen LogP contribution in [-0.2, 0) is 5.41 Å². The van der Waals surface area contributed by atoms with Gasteiger partial charge < -0.3 is 4.57 Å². The van der Waals surface area contributed by atoms with Gasteiger partial charge in [0.05, 0.1) is 16.4 Å². The number of aromatic nitrogens is 4. The van der Waals surface area contributed by atoms with Gasteiger partial charge in [-0.2, -0.15) is 0 Å². The van der Waals surface area contributed by atoms with Gasteiger partial charge in [0, 0.05) is 33.2 Å². The van der Waals surface area contributed by atoms with Gasteiger partial charge in [0.2, 0.25) is 0 Å². The maximum atomic E-state index is 5.03. The molecule has 0 N–H and O–H groups in total. The van der Waals surface area contributed by atoms with Crippen LogP contribution in [0.4, 0.5) is 0 Å². The summed E-state index contributed by atoms with van der Waals surface area (Å²) in [5, 5.41) is 5.26. The standard InChI is InChI=1S/C56H34N4/c1-3-15-36(16-4-1)53-57-54(37-17-5-2-6-18-37)59-55(58-53)40-22-11-20-38(33-40)39-21-12-23-41(34-39)60-48-30-14-29-47-51(48)52-49(60)32-31-35-19-13-28-46(50(35)52)56(47)44-26-9-7-24-42(44)43-25-8-10-27-45(43)56/h1-34H. The molecule has 2 aromatic heterocycles. The lowest BCUT2D eigenvalue weighted by molar-refractivity contribution is 0.783. The Morgan fingerprint density at radius 2 is 0.800 bits per heavy atom. The first-order valence-corrected chi connectivity index (χ1v) is 20.5. The summed E-state index contributed by atoms with van der Waals surface area (Å²) in [5.74, 6) is 1.94. The van der Waals surface area contributed by atoms with Crippen LogP contribution < -0.4 is 0 Å². The van der Waals surface area contributed by atoms with Crippen molar-refractivity contribution in [1.82, 2.24) is 19.5 Å². The molecular formula is C56H34N4. The molecule has 11 aromatic rings. The summed E-state index contributed by atoms with van der Waals surface area (Å²) in [5.41, 5.74) is 16.2. The zero-order valence-corrected chi connectivity index (χ0v) is 32.4. The Labute approximate surface area is 346 Å². The van der Waals surface area contributed by atoms with Crippen molar-refractivity contribution in [3.8, 4) is 62.1 Å². The minimum Gasteiger partial charge on any atom is -0.309 e. The molecule has 0 radical (unpaired) electrons. The number of rotatable bonds is 5. The van der Waals surface area contributed by atoms with Crippen molar-refractivity contribution in [2.45, 2.75) is 5.41 Å². The lowest BCUT2D eigenvalue weighted by Gasteiger charge is -2.37. The molecule has 4 nitrogen and oxygen atoms in total. The van der Waals surface area contributed by atoms with Crippen molar-refractivity contribution in [2.75, 3.05) is 0 Å². The predicted octanol–water partition coefficient (Wildman–Crippen LogP) is 13.5. The molecule has 2 aliphatic rings. The minimum atomic E-state index is -0.433. The topological polar surface area (TPSA) is 43.6 Å². The molecule has 13 rings (SSSR count).